The second-order valence-corrected chi connectivity index (χ2v) is 5.28. The summed E-state index contributed by atoms with van der Waals surface area (Å²) < 4.78 is 0. The topological polar surface area (TPSA) is 67.8 Å². The molecule has 0 spiro atoms. The standard InChI is InChI=1S/C15H12N4OS/c1-10-2-5-17-8-12(10)15-19-13(9-21-15)14(20)18-11-3-6-16-7-4-11/h2-9H,1H3,(H,16,18,20). The zero-order valence-electron chi connectivity index (χ0n) is 11.3. The average molecular weight is 296 g/mol. The van der Waals surface area contributed by atoms with E-state index in [4.69, 9.17) is 0 Å². The summed E-state index contributed by atoms with van der Waals surface area (Å²) in [6, 6.07) is 5.39. The van der Waals surface area contributed by atoms with E-state index in [9.17, 15) is 4.79 Å². The van der Waals surface area contributed by atoms with Crippen molar-refractivity contribution in [1.82, 2.24) is 15.0 Å². The van der Waals surface area contributed by atoms with Crippen molar-refractivity contribution in [1.29, 1.82) is 0 Å². The molecule has 0 aromatic carbocycles. The summed E-state index contributed by atoms with van der Waals surface area (Å²) in [5.74, 6) is -0.231. The van der Waals surface area contributed by atoms with E-state index in [2.05, 4.69) is 20.3 Å². The van der Waals surface area contributed by atoms with Crippen LogP contribution in [-0.4, -0.2) is 20.9 Å². The van der Waals surface area contributed by atoms with Gasteiger partial charge in [-0.1, -0.05) is 0 Å². The summed E-state index contributed by atoms with van der Waals surface area (Å²) in [6.45, 7) is 2.00. The molecule has 0 aliphatic heterocycles. The fourth-order valence-electron chi connectivity index (χ4n) is 1.82. The van der Waals surface area contributed by atoms with Crippen molar-refractivity contribution in [3.63, 3.8) is 0 Å². The summed E-state index contributed by atoms with van der Waals surface area (Å²) in [5, 5.41) is 5.33. The number of nitrogens with zero attached hydrogens (tertiary/aromatic N) is 3. The van der Waals surface area contributed by atoms with Gasteiger partial charge in [-0.2, -0.15) is 0 Å². The van der Waals surface area contributed by atoms with Crippen LogP contribution < -0.4 is 5.32 Å². The van der Waals surface area contributed by atoms with Crippen molar-refractivity contribution in [2.45, 2.75) is 6.92 Å². The fourth-order valence-corrected chi connectivity index (χ4v) is 2.69. The van der Waals surface area contributed by atoms with Crippen molar-refractivity contribution in [3.8, 4) is 10.6 Å². The summed E-state index contributed by atoms with van der Waals surface area (Å²) in [7, 11) is 0. The number of amides is 1. The Hall–Kier alpha value is -2.60. The minimum Gasteiger partial charge on any atom is -0.321 e. The van der Waals surface area contributed by atoms with Crippen LogP contribution in [0.4, 0.5) is 5.69 Å². The maximum Gasteiger partial charge on any atom is 0.275 e. The van der Waals surface area contributed by atoms with Gasteiger partial charge in [0, 0.05) is 41.4 Å². The van der Waals surface area contributed by atoms with E-state index in [1.165, 1.54) is 11.3 Å². The molecule has 1 amide bonds. The molecule has 6 heteroatoms. The Bertz CT molecular complexity index is 770. The lowest BCUT2D eigenvalue weighted by molar-refractivity contribution is 0.102. The van der Waals surface area contributed by atoms with Crippen LogP contribution in [0, 0.1) is 6.92 Å². The van der Waals surface area contributed by atoms with E-state index < -0.39 is 0 Å². The second-order valence-electron chi connectivity index (χ2n) is 4.42. The van der Waals surface area contributed by atoms with E-state index in [0.29, 0.717) is 11.4 Å². The van der Waals surface area contributed by atoms with E-state index in [-0.39, 0.29) is 5.91 Å². The summed E-state index contributed by atoms with van der Waals surface area (Å²) in [4.78, 5) is 24.5. The van der Waals surface area contributed by atoms with Crippen molar-refractivity contribution in [2.24, 2.45) is 0 Å². The average Bonchev–Trinajstić information content (AvgIpc) is 2.98. The molecule has 0 aliphatic rings. The number of pyridine rings is 2. The molecule has 3 aromatic rings. The quantitative estimate of drug-likeness (QED) is 0.806. The normalized spacial score (nSPS) is 10.3. The van der Waals surface area contributed by atoms with Gasteiger partial charge in [0.05, 0.1) is 0 Å². The van der Waals surface area contributed by atoms with Gasteiger partial charge in [0.25, 0.3) is 5.91 Å². The molecule has 1 N–H and O–H groups in total. The monoisotopic (exact) mass is 296 g/mol. The molecule has 0 aliphatic carbocycles. The van der Waals surface area contributed by atoms with Gasteiger partial charge in [-0.05, 0) is 30.7 Å². The highest BCUT2D eigenvalue weighted by atomic mass is 32.1. The number of hydrogen-bond acceptors (Lipinski definition) is 5. The van der Waals surface area contributed by atoms with E-state index in [0.717, 1.165) is 16.1 Å². The van der Waals surface area contributed by atoms with Crippen LogP contribution in [-0.2, 0) is 0 Å². The number of rotatable bonds is 3. The van der Waals surface area contributed by atoms with Crippen LogP contribution in [0.5, 0.6) is 0 Å². The van der Waals surface area contributed by atoms with Gasteiger partial charge < -0.3 is 5.32 Å². The maximum atomic E-state index is 12.1. The van der Waals surface area contributed by atoms with Crippen LogP contribution in [0.25, 0.3) is 10.6 Å². The largest absolute Gasteiger partial charge is 0.321 e. The number of hydrogen-bond donors (Lipinski definition) is 1. The minimum absolute atomic E-state index is 0.231. The van der Waals surface area contributed by atoms with Gasteiger partial charge in [-0.25, -0.2) is 4.98 Å². The van der Waals surface area contributed by atoms with Crippen molar-refractivity contribution < 1.29 is 4.79 Å². The number of aryl methyl sites for hydroxylation is 1. The van der Waals surface area contributed by atoms with Crippen LogP contribution in [0.2, 0.25) is 0 Å². The van der Waals surface area contributed by atoms with E-state index in [1.54, 1.807) is 42.3 Å². The molecule has 0 fully saturated rings. The molecule has 104 valence electrons. The lowest BCUT2D eigenvalue weighted by atomic mass is 10.2. The van der Waals surface area contributed by atoms with Crippen LogP contribution >= 0.6 is 11.3 Å². The van der Waals surface area contributed by atoms with Gasteiger partial charge in [0.1, 0.15) is 10.7 Å². The Morgan fingerprint density at radius 3 is 2.67 bits per heavy atom. The Morgan fingerprint density at radius 1 is 1.14 bits per heavy atom. The smallest absolute Gasteiger partial charge is 0.275 e. The zero-order chi connectivity index (χ0) is 14.7. The number of anilines is 1. The summed E-state index contributed by atoms with van der Waals surface area (Å²) >= 11 is 1.43. The third-order valence-corrected chi connectivity index (χ3v) is 3.82. The first kappa shape index (κ1) is 13.4. The molecule has 0 unspecified atom stereocenters. The lowest BCUT2D eigenvalue weighted by Crippen LogP contribution is -2.12. The molecule has 3 heterocycles. The first-order valence-electron chi connectivity index (χ1n) is 6.32. The van der Waals surface area contributed by atoms with Crippen LogP contribution in [0.1, 0.15) is 16.1 Å². The minimum atomic E-state index is -0.231. The van der Waals surface area contributed by atoms with Crippen molar-refractivity contribution >= 4 is 22.9 Å². The molecule has 3 aromatic heterocycles. The lowest BCUT2D eigenvalue weighted by Gasteiger charge is -2.02. The Labute approximate surface area is 125 Å². The molecule has 0 atom stereocenters. The van der Waals surface area contributed by atoms with Crippen LogP contribution in [0.3, 0.4) is 0 Å². The second kappa shape index (κ2) is 5.80. The van der Waals surface area contributed by atoms with Crippen molar-refractivity contribution in [3.05, 3.63) is 59.6 Å². The van der Waals surface area contributed by atoms with Gasteiger partial charge in [0.2, 0.25) is 0 Å². The summed E-state index contributed by atoms with van der Waals surface area (Å²) in [6.07, 6.45) is 6.75. The van der Waals surface area contributed by atoms with Gasteiger partial charge >= 0.3 is 0 Å². The van der Waals surface area contributed by atoms with E-state index in [1.807, 2.05) is 13.0 Å². The van der Waals surface area contributed by atoms with E-state index >= 15 is 0 Å². The SMILES string of the molecule is Cc1ccncc1-c1nc(C(=O)Nc2ccncc2)cs1. The van der Waals surface area contributed by atoms with Gasteiger partial charge in [-0.3, -0.25) is 14.8 Å². The highest BCUT2D eigenvalue weighted by Gasteiger charge is 2.13. The molecule has 0 saturated heterocycles. The molecule has 21 heavy (non-hydrogen) atoms. The number of aromatic nitrogens is 3. The predicted octanol–water partition coefficient (Wildman–Crippen LogP) is 3.16. The summed E-state index contributed by atoms with van der Waals surface area (Å²) in [5.41, 5.74) is 3.13. The van der Waals surface area contributed by atoms with Crippen LogP contribution in [0.15, 0.2) is 48.4 Å². The molecular formula is C15H12N4OS. The van der Waals surface area contributed by atoms with Crippen molar-refractivity contribution in [2.75, 3.05) is 5.32 Å². The molecule has 0 radical (unpaired) electrons. The Morgan fingerprint density at radius 2 is 1.90 bits per heavy atom. The predicted molar refractivity (Wildman–Crippen MR) is 82.3 cm³/mol. The van der Waals surface area contributed by atoms with Gasteiger partial charge in [0.15, 0.2) is 0 Å². The Kier molecular flexibility index (Phi) is 3.70. The molecule has 0 bridgehead atoms. The van der Waals surface area contributed by atoms with Gasteiger partial charge in [-0.15, -0.1) is 11.3 Å². The number of carbonyl (C=O) groups is 1. The number of thiazole rings is 1. The maximum absolute atomic E-state index is 12.1. The molecule has 3 rings (SSSR count). The molecule has 0 saturated carbocycles. The molecule has 5 nitrogen and oxygen atoms in total. The highest BCUT2D eigenvalue weighted by Crippen LogP contribution is 2.26. The first-order chi connectivity index (χ1) is 10.2. The third kappa shape index (κ3) is 2.95. The fraction of sp³-hybridized carbons (Fsp3) is 0.0667. The zero-order valence-corrected chi connectivity index (χ0v) is 12.1. The number of carbonyl (C=O) groups excluding carboxylic acids is 1. The number of nitrogens with one attached hydrogen (secondary N) is 1. The first-order valence-corrected chi connectivity index (χ1v) is 7.20. The molecular weight excluding hydrogens is 284 g/mol. The highest BCUT2D eigenvalue weighted by molar-refractivity contribution is 7.13. The Balaban J connectivity index is 1.82. The third-order valence-electron chi connectivity index (χ3n) is 2.94.